The van der Waals surface area contributed by atoms with Crippen molar-refractivity contribution in [1.29, 1.82) is 0 Å². The van der Waals surface area contributed by atoms with Gasteiger partial charge in [-0.2, -0.15) is 4.31 Å². The van der Waals surface area contributed by atoms with Crippen molar-refractivity contribution in [2.45, 2.75) is 18.4 Å². The molecular formula is C23H22Cl2N2O4S. The Balaban J connectivity index is 1.84. The van der Waals surface area contributed by atoms with Gasteiger partial charge in [0.1, 0.15) is 5.75 Å². The van der Waals surface area contributed by atoms with Crippen molar-refractivity contribution in [3.05, 3.63) is 87.4 Å². The Morgan fingerprint density at radius 3 is 2.31 bits per heavy atom. The smallest absolute Gasteiger partial charge is 0.255 e. The first-order chi connectivity index (χ1) is 15.1. The molecule has 0 fully saturated rings. The number of nitrogens with zero attached hydrogens (tertiary/aromatic N) is 1. The molecule has 0 aliphatic heterocycles. The summed E-state index contributed by atoms with van der Waals surface area (Å²) in [5, 5.41) is 3.46. The Hall–Kier alpha value is -2.58. The third kappa shape index (κ3) is 5.42. The minimum absolute atomic E-state index is 0.0211. The van der Waals surface area contributed by atoms with Gasteiger partial charge in [0, 0.05) is 30.4 Å². The third-order valence-corrected chi connectivity index (χ3v) is 7.40. The number of carbonyl (C=O) groups is 1. The Labute approximate surface area is 197 Å². The summed E-state index contributed by atoms with van der Waals surface area (Å²) < 4.78 is 32.5. The summed E-state index contributed by atoms with van der Waals surface area (Å²) in [6, 6.07) is 16.2. The molecule has 32 heavy (non-hydrogen) atoms. The van der Waals surface area contributed by atoms with E-state index in [1.165, 1.54) is 18.5 Å². The van der Waals surface area contributed by atoms with Crippen molar-refractivity contribution < 1.29 is 17.9 Å². The number of aryl methyl sites for hydroxylation is 1. The Bertz CT molecular complexity index is 1250. The van der Waals surface area contributed by atoms with Crippen molar-refractivity contribution in [1.82, 2.24) is 4.31 Å². The highest BCUT2D eigenvalue weighted by Gasteiger charge is 2.22. The lowest BCUT2D eigenvalue weighted by molar-refractivity contribution is 0.102. The van der Waals surface area contributed by atoms with Crippen LogP contribution >= 0.6 is 23.2 Å². The number of nitrogens with one attached hydrogen (secondary N) is 1. The van der Waals surface area contributed by atoms with Gasteiger partial charge in [-0.05, 0) is 55.5 Å². The molecule has 6 nitrogen and oxygen atoms in total. The van der Waals surface area contributed by atoms with Gasteiger partial charge in [-0.15, -0.1) is 0 Å². The fourth-order valence-electron chi connectivity index (χ4n) is 3.04. The first-order valence-corrected chi connectivity index (χ1v) is 11.8. The topological polar surface area (TPSA) is 75.7 Å². The molecule has 168 valence electrons. The second-order valence-corrected chi connectivity index (χ2v) is 10.0. The maximum Gasteiger partial charge on any atom is 0.255 e. The molecule has 3 aromatic rings. The maximum absolute atomic E-state index is 12.9. The van der Waals surface area contributed by atoms with E-state index in [2.05, 4.69) is 5.32 Å². The van der Waals surface area contributed by atoms with Crippen LogP contribution in [0.15, 0.2) is 65.6 Å². The molecule has 0 unspecified atom stereocenters. The molecule has 0 radical (unpaired) electrons. The number of anilines is 1. The molecule has 0 aromatic heterocycles. The van der Waals surface area contributed by atoms with Crippen LogP contribution in [0.2, 0.25) is 10.0 Å². The summed E-state index contributed by atoms with van der Waals surface area (Å²) in [4.78, 5) is 12.9. The number of amides is 1. The van der Waals surface area contributed by atoms with Crippen molar-refractivity contribution in [3.8, 4) is 5.75 Å². The Kier molecular flexibility index (Phi) is 7.46. The lowest BCUT2D eigenvalue weighted by Gasteiger charge is -2.19. The van der Waals surface area contributed by atoms with Crippen LogP contribution in [0.1, 0.15) is 21.5 Å². The molecule has 9 heteroatoms. The van der Waals surface area contributed by atoms with E-state index in [-0.39, 0.29) is 17.3 Å². The molecule has 0 saturated carbocycles. The van der Waals surface area contributed by atoms with Gasteiger partial charge in [0.15, 0.2) is 0 Å². The minimum atomic E-state index is -3.72. The SMILES string of the molecule is COc1ccc(C(=O)Nc2ccc(Cl)c(Cl)c2)cc1CN(C)S(=O)(=O)c1ccc(C)cc1. The van der Waals surface area contributed by atoms with E-state index in [1.807, 2.05) is 6.92 Å². The van der Waals surface area contributed by atoms with Gasteiger partial charge in [-0.3, -0.25) is 4.79 Å². The first kappa shape index (κ1) is 24.1. The molecular weight excluding hydrogens is 471 g/mol. The number of rotatable bonds is 7. The van der Waals surface area contributed by atoms with Crippen molar-refractivity contribution >= 4 is 44.8 Å². The molecule has 3 rings (SSSR count). The number of methoxy groups -OCH3 is 1. The van der Waals surface area contributed by atoms with Crippen LogP contribution in [0.3, 0.4) is 0 Å². The van der Waals surface area contributed by atoms with Crippen LogP contribution in [-0.4, -0.2) is 32.8 Å². The molecule has 0 bridgehead atoms. The summed E-state index contributed by atoms with van der Waals surface area (Å²) in [7, 11) is -0.747. The standard InChI is InChI=1S/C23H22Cl2N2O4S/c1-15-4-8-19(9-5-15)32(29,30)27(2)14-17-12-16(6-11-22(17)31-3)23(28)26-18-7-10-20(24)21(25)13-18/h4-13H,14H2,1-3H3,(H,26,28). The van der Waals surface area contributed by atoms with Crippen LogP contribution in [0.25, 0.3) is 0 Å². The highest BCUT2D eigenvalue weighted by Crippen LogP contribution is 2.27. The number of benzene rings is 3. The van der Waals surface area contributed by atoms with Gasteiger partial charge < -0.3 is 10.1 Å². The lowest BCUT2D eigenvalue weighted by atomic mass is 10.1. The zero-order chi connectivity index (χ0) is 23.5. The van der Waals surface area contributed by atoms with Crippen molar-refractivity contribution in [3.63, 3.8) is 0 Å². The minimum Gasteiger partial charge on any atom is -0.496 e. The summed E-state index contributed by atoms with van der Waals surface area (Å²) in [6.45, 7) is 1.91. The van der Waals surface area contributed by atoms with Gasteiger partial charge in [0.05, 0.1) is 22.1 Å². The fourth-order valence-corrected chi connectivity index (χ4v) is 4.48. The van der Waals surface area contributed by atoms with Crippen molar-refractivity contribution in [2.75, 3.05) is 19.5 Å². The number of carbonyl (C=O) groups excluding carboxylic acids is 1. The molecule has 0 aliphatic carbocycles. The third-order valence-electron chi connectivity index (χ3n) is 4.84. The molecule has 0 atom stereocenters. The highest BCUT2D eigenvalue weighted by atomic mass is 35.5. The van der Waals surface area contributed by atoms with Gasteiger partial charge in [0.25, 0.3) is 5.91 Å². The number of halogens is 2. The van der Waals surface area contributed by atoms with Crippen LogP contribution in [-0.2, 0) is 16.6 Å². The predicted molar refractivity (Wildman–Crippen MR) is 127 cm³/mol. The van der Waals surface area contributed by atoms with E-state index in [4.69, 9.17) is 27.9 Å². The van der Waals surface area contributed by atoms with Crippen LogP contribution in [0, 0.1) is 6.92 Å². The second kappa shape index (κ2) is 9.92. The quantitative estimate of drug-likeness (QED) is 0.479. The molecule has 1 N–H and O–H groups in total. The van der Waals surface area contributed by atoms with E-state index in [9.17, 15) is 13.2 Å². The fraction of sp³-hybridized carbons (Fsp3) is 0.174. The zero-order valence-corrected chi connectivity index (χ0v) is 20.1. The Morgan fingerprint density at radius 1 is 1.00 bits per heavy atom. The summed E-state index contributed by atoms with van der Waals surface area (Å²) in [5.74, 6) is 0.0957. The Morgan fingerprint density at radius 2 is 1.69 bits per heavy atom. The van der Waals surface area contributed by atoms with Crippen LogP contribution in [0.4, 0.5) is 5.69 Å². The van der Waals surface area contributed by atoms with Crippen molar-refractivity contribution in [2.24, 2.45) is 0 Å². The zero-order valence-electron chi connectivity index (χ0n) is 17.7. The number of hydrogen-bond donors (Lipinski definition) is 1. The van der Waals surface area contributed by atoms with E-state index in [0.717, 1.165) is 5.56 Å². The monoisotopic (exact) mass is 492 g/mol. The van der Waals surface area contributed by atoms with Crippen LogP contribution < -0.4 is 10.1 Å². The maximum atomic E-state index is 12.9. The summed E-state index contributed by atoms with van der Waals surface area (Å²) >= 11 is 11.9. The molecule has 1 amide bonds. The normalized spacial score (nSPS) is 11.4. The average Bonchev–Trinajstić information content (AvgIpc) is 2.76. The van der Waals surface area contributed by atoms with Gasteiger partial charge in [-0.1, -0.05) is 40.9 Å². The summed E-state index contributed by atoms with van der Waals surface area (Å²) in [5.41, 5.74) is 2.34. The highest BCUT2D eigenvalue weighted by molar-refractivity contribution is 7.89. The molecule has 0 heterocycles. The van der Waals surface area contributed by atoms with E-state index < -0.39 is 10.0 Å². The summed E-state index contributed by atoms with van der Waals surface area (Å²) in [6.07, 6.45) is 0. The van der Waals surface area contributed by atoms with Gasteiger partial charge in [0.2, 0.25) is 10.0 Å². The van der Waals surface area contributed by atoms with Gasteiger partial charge in [-0.25, -0.2) is 8.42 Å². The predicted octanol–water partition coefficient (Wildman–Crippen LogP) is 5.38. The number of ether oxygens (including phenoxy) is 1. The number of sulfonamides is 1. The van der Waals surface area contributed by atoms with E-state index in [0.29, 0.717) is 32.6 Å². The average molecular weight is 493 g/mol. The second-order valence-electron chi connectivity index (χ2n) is 7.18. The lowest BCUT2D eigenvalue weighted by Crippen LogP contribution is -2.27. The van der Waals surface area contributed by atoms with Gasteiger partial charge >= 0.3 is 0 Å². The molecule has 3 aromatic carbocycles. The van der Waals surface area contributed by atoms with Crippen LogP contribution in [0.5, 0.6) is 5.75 Å². The van der Waals surface area contributed by atoms with E-state index >= 15 is 0 Å². The first-order valence-electron chi connectivity index (χ1n) is 9.58. The number of hydrogen-bond acceptors (Lipinski definition) is 4. The molecule has 0 aliphatic rings. The molecule has 0 spiro atoms. The molecule has 0 saturated heterocycles. The largest absolute Gasteiger partial charge is 0.496 e. The van der Waals surface area contributed by atoms with E-state index in [1.54, 1.807) is 60.7 Å².